The summed E-state index contributed by atoms with van der Waals surface area (Å²) in [6.07, 6.45) is 6.56. The molecule has 2 N–H and O–H groups in total. The summed E-state index contributed by atoms with van der Waals surface area (Å²) in [6.45, 7) is 2.47. The number of rotatable bonds is 9. The normalized spacial score (nSPS) is 26.2. The van der Waals surface area contributed by atoms with Gasteiger partial charge in [-0.3, -0.25) is 4.79 Å². The molecule has 0 saturated heterocycles. The van der Waals surface area contributed by atoms with Gasteiger partial charge in [0, 0.05) is 17.7 Å². The number of alkyl halides is 1. The molecule has 1 aliphatic carbocycles. The van der Waals surface area contributed by atoms with E-state index in [1.54, 1.807) is 0 Å². The number of aliphatic hydroxyl groups excluding tert-OH is 1. The number of aryl methyl sites for hydroxylation is 1. The van der Waals surface area contributed by atoms with E-state index in [1.807, 2.05) is 37.3 Å². The molecule has 0 amide bonds. The molecule has 5 heteroatoms. The third-order valence-electron chi connectivity index (χ3n) is 4.74. The van der Waals surface area contributed by atoms with Crippen molar-refractivity contribution in [3.8, 4) is 5.75 Å². The van der Waals surface area contributed by atoms with E-state index < -0.39 is 12.1 Å². The number of carboxylic acid groups (broad SMARTS) is 1. The van der Waals surface area contributed by atoms with Crippen molar-refractivity contribution in [3.63, 3.8) is 0 Å². The van der Waals surface area contributed by atoms with Crippen LogP contribution in [0.25, 0.3) is 0 Å². The van der Waals surface area contributed by atoms with Crippen LogP contribution in [0.1, 0.15) is 37.7 Å². The molecule has 1 aliphatic rings. The Balaban J connectivity index is 1.84. The summed E-state index contributed by atoms with van der Waals surface area (Å²) >= 11 is 6.43. The van der Waals surface area contributed by atoms with Gasteiger partial charge in [-0.15, -0.1) is 11.6 Å². The van der Waals surface area contributed by atoms with Crippen molar-refractivity contribution in [1.29, 1.82) is 0 Å². The van der Waals surface area contributed by atoms with E-state index in [1.165, 1.54) is 0 Å². The molecular weight excluding hydrogens is 340 g/mol. The van der Waals surface area contributed by atoms with Gasteiger partial charge in [0.05, 0.1) is 12.7 Å². The predicted octanol–water partition coefficient (Wildman–Crippen LogP) is 4.18. The standard InChI is InChI=1S/C20H27ClO4/c1-14-7-6-8-15(11-14)25-13-17-16(18(21)12-19(17)22)9-4-2-3-5-10-20(23)24/h2,4,6-8,11,16-19,22H,3,5,9-10,12-13H2,1H3,(H,23,24)/t16-,17-,18-,19-/m1/s1. The van der Waals surface area contributed by atoms with Crippen molar-refractivity contribution in [1.82, 2.24) is 0 Å². The number of hydrogen-bond acceptors (Lipinski definition) is 3. The predicted molar refractivity (Wildman–Crippen MR) is 99.2 cm³/mol. The van der Waals surface area contributed by atoms with Crippen molar-refractivity contribution in [3.05, 3.63) is 42.0 Å². The third-order valence-corrected chi connectivity index (χ3v) is 5.25. The molecule has 1 fully saturated rings. The van der Waals surface area contributed by atoms with Crippen LogP contribution in [-0.2, 0) is 4.79 Å². The lowest BCUT2D eigenvalue weighted by Gasteiger charge is -2.22. The van der Waals surface area contributed by atoms with Crippen molar-refractivity contribution in [2.24, 2.45) is 11.8 Å². The van der Waals surface area contributed by atoms with Crippen LogP contribution in [0, 0.1) is 18.8 Å². The highest BCUT2D eigenvalue weighted by atomic mass is 35.5. The molecule has 0 spiro atoms. The molecular formula is C20H27ClO4. The van der Waals surface area contributed by atoms with Crippen molar-refractivity contribution >= 4 is 17.6 Å². The fourth-order valence-electron chi connectivity index (χ4n) is 3.33. The van der Waals surface area contributed by atoms with Crippen LogP contribution in [0.2, 0.25) is 0 Å². The number of unbranched alkanes of at least 4 members (excludes halogenated alkanes) is 1. The first-order valence-electron chi connectivity index (χ1n) is 8.85. The number of halogens is 1. The Labute approximate surface area is 154 Å². The molecule has 4 nitrogen and oxygen atoms in total. The SMILES string of the molecule is Cc1cccc(OC[C@@H]2[C@@H](CC=CCCCC(=O)O)[C@H](Cl)C[C@H]2O)c1. The molecule has 0 aliphatic heterocycles. The average molecular weight is 367 g/mol. The largest absolute Gasteiger partial charge is 0.493 e. The van der Waals surface area contributed by atoms with Gasteiger partial charge in [0.15, 0.2) is 0 Å². The van der Waals surface area contributed by atoms with Crippen molar-refractivity contribution in [2.75, 3.05) is 6.61 Å². The minimum atomic E-state index is -0.763. The molecule has 138 valence electrons. The molecule has 25 heavy (non-hydrogen) atoms. The average Bonchev–Trinajstić information content (AvgIpc) is 2.82. The monoisotopic (exact) mass is 366 g/mol. The molecule has 1 aromatic carbocycles. The van der Waals surface area contributed by atoms with Gasteiger partial charge in [0.25, 0.3) is 0 Å². The van der Waals surface area contributed by atoms with Crippen LogP contribution < -0.4 is 4.74 Å². The Morgan fingerprint density at radius 3 is 2.88 bits per heavy atom. The minimum Gasteiger partial charge on any atom is -0.493 e. The molecule has 1 saturated carbocycles. The Kier molecular flexibility index (Phi) is 7.79. The summed E-state index contributed by atoms with van der Waals surface area (Å²) in [4.78, 5) is 10.5. The van der Waals surface area contributed by atoms with Crippen LogP contribution in [0.5, 0.6) is 5.75 Å². The van der Waals surface area contributed by atoms with Crippen LogP contribution in [0.15, 0.2) is 36.4 Å². The first kappa shape index (κ1) is 19.8. The number of aliphatic hydroxyl groups is 1. The molecule has 4 atom stereocenters. The second kappa shape index (κ2) is 9.83. The highest BCUT2D eigenvalue weighted by molar-refractivity contribution is 6.21. The quantitative estimate of drug-likeness (QED) is 0.391. The molecule has 1 aromatic rings. The lowest BCUT2D eigenvalue weighted by atomic mass is 9.92. The van der Waals surface area contributed by atoms with Gasteiger partial charge < -0.3 is 14.9 Å². The third kappa shape index (κ3) is 6.37. The summed E-state index contributed by atoms with van der Waals surface area (Å²) in [5.74, 6) is 0.221. The Bertz CT molecular complexity index is 587. The Morgan fingerprint density at radius 2 is 2.16 bits per heavy atom. The summed E-state index contributed by atoms with van der Waals surface area (Å²) in [5.41, 5.74) is 1.14. The second-order valence-electron chi connectivity index (χ2n) is 6.77. The van der Waals surface area contributed by atoms with E-state index >= 15 is 0 Å². The van der Waals surface area contributed by atoms with Gasteiger partial charge in [-0.2, -0.15) is 0 Å². The fourth-order valence-corrected chi connectivity index (χ4v) is 3.80. The van der Waals surface area contributed by atoms with E-state index in [9.17, 15) is 9.90 Å². The first-order valence-corrected chi connectivity index (χ1v) is 9.29. The number of ether oxygens (including phenoxy) is 1. The molecule has 0 heterocycles. The van der Waals surface area contributed by atoms with Gasteiger partial charge in [-0.1, -0.05) is 24.3 Å². The molecule has 0 radical (unpaired) electrons. The maximum absolute atomic E-state index is 10.5. The number of carbonyl (C=O) groups is 1. The number of aliphatic carboxylic acids is 1. The maximum Gasteiger partial charge on any atom is 0.303 e. The highest BCUT2D eigenvalue weighted by Crippen LogP contribution is 2.39. The Morgan fingerprint density at radius 1 is 1.36 bits per heavy atom. The molecule has 2 rings (SSSR count). The smallest absolute Gasteiger partial charge is 0.303 e. The van der Waals surface area contributed by atoms with E-state index in [0.29, 0.717) is 19.4 Å². The van der Waals surface area contributed by atoms with Crippen molar-refractivity contribution in [2.45, 2.75) is 50.5 Å². The fraction of sp³-hybridized carbons (Fsp3) is 0.550. The molecule has 0 unspecified atom stereocenters. The minimum absolute atomic E-state index is 0.00619. The highest BCUT2D eigenvalue weighted by Gasteiger charge is 2.41. The van der Waals surface area contributed by atoms with E-state index in [0.717, 1.165) is 24.2 Å². The lowest BCUT2D eigenvalue weighted by Crippen LogP contribution is -2.27. The van der Waals surface area contributed by atoms with Gasteiger partial charge in [-0.25, -0.2) is 0 Å². The number of carboxylic acids is 1. The summed E-state index contributed by atoms with van der Waals surface area (Å²) in [7, 11) is 0. The number of allylic oxidation sites excluding steroid dienone is 2. The Hall–Kier alpha value is -1.52. The van der Waals surface area contributed by atoms with Gasteiger partial charge in [0.1, 0.15) is 5.75 Å². The van der Waals surface area contributed by atoms with Crippen LogP contribution in [-0.4, -0.2) is 34.3 Å². The number of hydrogen-bond donors (Lipinski definition) is 2. The first-order chi connectivity index (χ1) is 12.0. The summed E-state index contributed by atoms with van der Waals surface area (Å²) in [6, 6.07) is 7.88. The lowest BCUT2D eigenvalue weighted by molar-refractivity contribution is -0.137. The van der Waals surface area contributed by atoms with E-state index in [4.69, 9.17) is 21.4 Å². The number of benzene rings is 1. The van der Waals surface area contributed by atoms with Gasteiger partial charge in [-0.05, 0) is 56.2 Å². The zero-order valence-electron chi connectivity index (χ0n) is 14.6. The van der Waals surface area contributed by atoms with E-state index in [2.05, 4.69) is 6.08 Å². The topological polar surface area (TPSA) is 66.8 Å². The molecule has 0 aromatic heterocycles. The summed E-state index contributed by atoms with van der Waals surface area (Å²) in [5, 5.41) is 18.9. The zero-order chi connectivity index (χ0) is 18.2. The zero-order valence-corrected chi connectivity index (χ0v) is 15.4. The van der Waals surface area contributed by atoms with Crippen LogP contribution >= 0.6 is 11.6 Å². The van der Waals surface area contributed by atoms with Crippen LogP contribution in [0.4, 0.5) is 0 Å². The van der Waals surface area contributed by atoms with Crippen molar-refractivity contribution < 1.29 is 19.7 Å². The van der Waals surface area contributed by atoms with Crippen LogP contribution in [0.3, 0.4) is 0 Å². The van der Waals surface area contributed by atoms with E-state index in [-0.39, 0.29) is 23.6 Å². The maximum atomic E-state index is 10.5. The van der Waals surface area contributed by atoms with Gasteiger partial charge in [0.2, 0.25) is 0 Å². The van der Waals surface area contributed by atoms with Gasteiger partial charge >= 0.3 is 5.97 Å². The second-order valence-corrected chi connectivity index (χ2v) is 7.33. The summed E-state index contributed by atoms with van der Waals surface area (Å²) < 4.78 is 5.88. The molecule has 0 bridgehead atoms.